The monoisotopic (exact) mass is 242 g/mol. The first-order chi connectivity index (χ1) is 7.72. The minimum absolute atomic E-state index is 0.458. The van der Waals surface area contributed by atoms with Crippen molar-refractivity contribution in [2.24, 2.45) is 0 Å². The number of ether oxygens (including phenoxy) is 2. The summed E-state index contributed by atoms with van der Waals surface area (Å²) in [5.41, 5.74) is 0.860. The summed E-state index contributed by atoms with van der Waals surface area (Å²) >= 11 is 1.61. The number of thioether (sulfide) groups is 1. The highest BCUT2D eigenvalue weighted by Gasteiger charge is 2.11. The second kappa shape index (κ2) is 6.66. The van der Waals surface area contributed by atoms with E-state index in [1.165, 1.54) is 0 Å². The van der Waals surface area contributed by atoms with Crippen molar-refractivity contribution in [2.45, 2.75) is 13.0 Å². The molecule has 1 N–H and O–H groups in total. The van der Waals surface area contributed by atoms with Gasteiger partial charge in [0.15, 0.2) is 11.5 Å². The summed E-state index contributed by atoms with van der Waals surface area (Å²) in [4.78, 5) is 0. The summed E-state index contributed by atoms with van der Waals surface area (Å²) < 4.78 is 10.6. The van der Waals surface area contributed by atoms with Crippen LogP contribution in [-0.4, -0.2) is 30.8 Å². The van der Waals surface area contributed by atoms with Crippen LogP contribution < -0.4 is 9.47 Å². The van der Waals surface area contributed by atoms with Crippen LogP contribution in [0.15, 0.2) is 18.2 Å². The molecule has 1 aromatic carbocycles. The molecule has 0 aliphatic heterocycles. The second-order valence-corrected chi connectivity index (χ2v) is 4.23. The van der Waals surface area contributed by atoms with E-state index in [9.17, 15) is 5.11 Å². The summed E-state index contributed by atoms with van der Waals surface area (Å²) in [7, 11) is 1.61. The lowest BCUT2D eigenvalue weighted by atomic mass is 10.1. The fraction of sp³-hybridized carbons (Fsp3) is 0.500. The van der Waals surface area contributed by atoms with E-state index in [0.717, 1.165) is 5.56 Å². The molecular formula is C12H18O3S. The maximum atomic E-state index is 9.86. The fourth-order valence-corrected chi connectivity index (χ4v) is 1.93. The van der Waals surface area contributed by atoms with Gasteiger partial charge in [0.05, 0.1) is 19.8 Å². The standard InChI is InChI=1S/C12H18O3S/c1-4-15-12-7-9(10(13)8-16-3)5-6-11(12)14-2/h5-7,10,13H,4,8H2,1-3H3/t10-/m0/s1. The minimum Gasteiger partial charge on any atom is -0.493 e. The van der Waals surface area contributed by atoms with Crippen molar-refractivity contribution in [1.29, 1.82) is 0 Å². The van der Waals surface area contributed by atoms with Gasteiger partial charge in [0.1, 0.15) is 0 Å². The van der Waals surface area contributed by atoms with Crippen LogP contribution in [0.2, 0.25) is 0 Å². The Balaban J connectivity index is 2.91. The van der Waals surface area contributed by atoms with Gasteiger partial charge in [-0.2, -0.15) is 11.8 Å². The summed E-state index contributed by atoms with van der Waals surface area (Å²) in [5.74, 6) is 2.06. The van der Waals surface area contributed by atoms with Crippen molar-refractivity contribution < 1.29 is 14.6 Å². The molecule has 1 aromatic rings. The van der Waals surface area contributed by atoms with E-state index in [1.807, 2.05) is 31.4 Å². The Labute approximate surface area is 101 Å². The smallest absolute Gasteiger partial charge is 0.161 e. The van der Waals surface area contributed by atoms with E-state index in [2.05, 4.69) is 0 Å². The molecule has 0 heterocycles. The predicted molar refractivity (Wildman–Crippen MR) is 67.5 cm³/mol. The van der Waals surface area contributed by atoms with Gasteiger partial charge in [-0.05, 0) is 30.9 Å². The Morgan fingerprint density at radius 3 is 2.69 bits per heavy atom. The SMILES string of the molecule is CCOc1cc([C@@H](O)CSC)ccc1OC. The Bertz CT molecular complexity index is 328. The molecule has 16 heavy (non-hydrogen) atoms. The first-order valence-corrected chi connectivity index (χ1v) is 6.60. The number of hydrogen-bond donors (Lipinski definition) is 1. The Morgan fingerprint density at radius 1 is 1.38 bits per heavy atom. The zero-order chi connectivity index (χ0) is 12.0. The van der Waals surface area contributed by atoms with Crippen LogP contribution in [0.4, 0.5) is 0 Å². The van der Waals surface area contributed by atoms with Crippen molar-refractivity contribution in [3.8, 4) is 11.5 Å². The molecule has 0 aliphatic rings. The van der Waals surface area contributed by atoms with Crippen LogP contribution in [0.25, 0.3) is 0 Å². The van der Waals surface area contributed by atoms with Crippen LogP contribution >= 0.6 is 11.8 Å². The van der Waals surface area contributed by atoms with Crippen molar-refractivity contribution in [3.63, 3.8) is 0 Å². The number of rotatable bonds is 6. The first kappa shape index (κ1) is 13.2. The molecule has 0 spiro atoms. The van der Waals surface area contributed by atoms with Gasteiger partial charge in [0.25, 0.3) is 0 Å². The maximum Gasteiger partial charge on any atom is 0.161 e. The second-order valence-electron chi connectivity index (χ2n) is 3.31. The molecule has 0 unspecified atom stereocenters. The van der Waals surface area contributed by atoms with Gasteiger partial charge in [0.2, 0.25) is 0 Å². The van der Waals surface area contributed by atoms with Gasteiger partial charge >= 0.3 is 0 Å². The molecule has 0 fully saturated rings. The average Bonchev–Trinajstić information content (AvgIpc) is 2.29. The lowest BCUT2D eigenvalue weighted by Crippen LogP contribution is -2.02. The van der Waals surface area contributed by atoms with E-state index < -0.39 is 6.10 Å². The molecule has 0 bridgehead atoms. The van der Waals surface area contributed by atoms with Crippen LogP contribution in [0, 0.1) is 0 Å². The molecule has 90 valence electrons. The maximum absolute atomic E-state index is 9.86. The fourth-order valence-electron chi connectivity index (χ4n) is 1.42. The van der Waals surface area contributed by atoms with E-state index in [-0.39, 0.29) is 0 Å². The highest BCUT2D eigenvalue weighted by molar-refractivity contribution is 7.98. The summed E-state index contributed by atoms with van der Waals surface area (Å²) in [6.45, 7) is 2.50. The van der Waals surface area contributed by atoms with Crippen LogP contribution in [0.3, 0.4) is 0 Å². The molecule has 0 saturated heterocycles. The Morgan fingerprint density at radius 2 is 2.12 bits per heavy atom. The Kier molecular flexibility index (Phi) is 5.49. The topological polar surface area (TPSA) is 38.7 Å². The highest BCUT2D eigenvalue weighted by atomic mass is 32.2. The zero-order valence-corrected chi connectivity index (χ0v) is 10.7. The Hall–Kier alpha value is -0.870. The predicted octanol–water partition coefficient (Wildman–Crippen LogP) is 2.49. The van der Waals surface area contributed by atoms with Crippen LogP contribution in [0.1, 0.15) is 18.6 Å². The van der Waals surface area contributed by atoms with Gasteiger partial charge < -0.3 is 14.6 Å². The van der Waals surface area contributed by atoms with Crippen LogP contribution in [0.5, 0.6) is 11.5 Å². The van der Waals surface area contributed by atoms with Crippen molar-refractivity contribution >= 4 is 11.8 Å². The largest absolute Gasteiger partial charge is 0.493 e. The van der Waals surface area contributed by atoms with E-state index in [0.29, 0.717) is 23.9 Å². The third-order valence-electron chi connectivity index (χ3n) is 2.20. The number of aliphatic hydroxyl groups excluding tert-OH is 1. The number of benzene rings is 1. The number of aliphatic hydroxyl groups is 1. The molecule has 0 saturated carbocycles. The molecule has 0 aliphatic carbocycles. The van der Waals surface area contributed by atoms with E-state index in [4.69, 9.17) is 9.47 Å². The minimum atomic E-state index is -0.458. The number of hydrogen-bond acceptors (Lipinski definition) is 4. The molecule has 3 nitrogen and oxygen atoms in total. The lowest BCUT2D eigenvalue weighted by molar-refractivity contribution is 0.203. The van der Waals surface area contributed by atoms with E-state index >= 15 is 0 Å². The zero-order valence-electron chi connectivity index (χ0n) is 9.90. The molecule has 0 aromatic heterocycles. The van der Waals surface area contributed by atoms with Crippen molar-refractivity contribution in [1.82, 2.24) is 0 Å². The van der Waals surface area contributed by atoms with Gasteiger partial charge in [-0.25, -0.2) is 0 Å². The molecule has 0 amide bonds. The molecular weight excluding hydrogens is 224 g/mol. The summed E-state index contributed by atoms with van der Waals surface area (Å²) in [5, 5.41) is 9.86. The molecule has 1 atom stereocenters. The highest BCUT2D eigenvalue weighted by Crippen LogP contribution is 2.30. The van der Waals surface area contributed by atoms with Crippen molar-refractivity contribution in [2.75, 3.05) is 25.7 Å². The van der Waals surface area contributed by atoms with Crippen LogP contribution in [-0.2, 0) is 0 Å². The normalized spacial score (nSPS) is 12.2. The number of methoxy groups -OCH3 is 1. The van der Waals surface area contributed by atoms with Gasteiger partial charge in [-0.15, -0.1) is 0 Å². The van der Waals surface area contributed by atoms with E-state index in [1.54, 1.807) is 18.9 Å². The third kappa shape index (κ3) is 3.32. The van der Waals surface area contributed by atoms with Crippen molar-refractivity contribution in [3.05, 3.63) is 23.8 Å². The summed E-state index contributed by atoms with van der Waals surface area (Å²) in [6, 6.07) is 5.52. The quantitative estimate of drug-likeness (QED) is 0.832. The molecule has 0 radical (unpaired) electrons. The van der Waals surface area contributed by atoms with Gasteiger partial charge in [0, 0.05) is 5.75 Å². The average molecular weight is 242 g/mol. The first-order valence-electron chi connectivity index (χ1n) is 5.20. The molecule has 4 heteroatoms. The third-order valence-corrected chi connectivity index (χ3v) is 2.85. The lowest BCUT2D eigenvalue weighted by Gasteiger charge is -2.14. The summed E-state index contributed by atoms with van der Waals surface area (Å²) in [6.07, 6.45) is 1.51. The van der Waals surface area contributed by atoms with Gasteiger partial charge in [-0.1, -0.05) is 6.07 Å². The van der Waals surface area contributed by atoms with Gasteiger partial charge in [-0.3, -0.25) is 0 Å². The molecule has 1 rings (SSSR count).